The van der Waals surface area contributed by atoms with E-state index in [4.69, 9.17) is 10.5 Å². The van der Waals surface area contributed by atoms with Gasteiger partial charge < -0.3 is 15.4 Å². The highest BCUT2D eigenvalue weighted by atomic mass is 127. The second-order valence-corrected chi connectivity index (χ2v) is 7.53. The van der Waals surface area contributed by atoms with Crippen molar-refractivity contribution in [3.8, 4) is 0 Å². The maximum absolute atomic E-state index is 12.2. The normalized spacial score (nSPS) is 13.0. The van der Waals surface area contributed by atoms with Gasteiger partial charge in [0.05, 0.1) is 11.7 Å². The van der Waals surface area contributed by atoms with Crippen molar-refractivity contribution in [2.75, 3.05) is 12.8 Å². The summed E-state index contributed by atoms with van der Waals surface area (Å²) >= 11 is 1.50. The molecule has 0 fully saturated rings. The molecule has 0 radical (unpaired) electrons. The Morgan fingerprint density at radius 1 is 1.42 bits per heavy atom. The fourth-order valence-corrected chi connectivity index (χ4v) is 2.34. The Bertz CT molecular complexity index is 573. The van der Waals surface area contributed by atoms with Gasteiger partial charge in [0.2, 0.25) is 0 Å². The number of carbonyl (C=O) groups excluding carboxylic acids is 1. The molecule has 0 saturated carbocycles. The van der Waals surface area contributed by atoms with E-state index in [0.29, 0.717) is 5.17 Å². The molecule has 1 atom stereocenters. The van der Waals surface area contributed by atoms with E-state index in [1.54, 1.807) is 11.9 Å². The van der Waals surface area contributed by atoms with Gasteiger partial charge in [0.1, 0.15) is 5.60 Å². The van der Waals surface area contributed by atoms with Crippen molar-refractivity contribution in [1.82, 2.24) is 4.90 Å². The number of benzene rings is 1. The average Bonchev–Trinajstić information content (AvgIpc) is 2.44. The molecule has 1 aromatic carbocycles. The van der Waals surface area contributed by atoms with Crippen molar-refractivity contribution in [1.29, 1.82) is 0 Å². The van der Waals surface area contributed by atoms with Crippen molar-refractivity contribution >= 4 is 52.7 Å². The van der Waals surface area contributed by atoms with E-state index in [-0.39, 0.29) is 36.1 Å². The fourth-order valence-electron chi connectivity index (χ4n) is 1.88. The number of ether oxygens (including phenoxy) is 1. The van der Waals surface area contributed by atoms with Gasteiger partial charge in [-0.25, -0.2) is 9.79 Å². The molecule has 0 saturated heterocycles. The zero-order valence-corrected chi connectivity index (χ0v) is 18.3. The van der Waals surface area contributed by atoms with E-state index in [1.807, 2.05) is 58.9 Å². The van der Waals surface area contributed by atoms with Crippen LogP contribution in [0.15, 0.2) is 29.3 Å². The minimum Gasteiger partial charge on any atom is -0.444 e. The first-order valence-corrected chi connectivity index (χ1v) is 8.65. The van der Waals surface area contributed by atoms with Gasteiger partial charge in [-0.3, -0.25) is 0 Å². The molecule has 0 aromatic heterocycles. The summed E-state index contributed by atoms with van der Waals surface area (Å²) < 4.78 is 5.40. The number of nitrogens with zero attached hydrogens (tertiary/aromatic N) is 2. The Morgan fingerprint density at radius 2 is 2.04 bits per heavy atom. The maximum Gasteiger partial charge on any atom is 0.410 e. The van der Waals surface area contributed by atoms with Crippen molar-refractivity contribution in [3.63, 3.8) is 0 Å². The number of hydrogen-bond donors (Lipinski definition) is 1. The van der Waals surface area contributed by atoms with Crippen LogP contribution in [0.3, 0.4) is 0 Å². The smallest absolute Gasteiger partial charge is 0.410 e. The molecule has 0 aliphatic carbocycles. The number of carbonyl (C=O) groups is 1. The third kappa shape index (κ3) is 7.74. The van der Waals surface area contributed by atoms with Crippen LogP contribution < -0.4 is 5.73 Å². The number of aliphatic imine (C=N–C) groups is 1. The predicted molar refractivity (Wildman–Crippen MR) is 114 cm³/mol. The minimum atomic E-state index is -0.511. The van der Waals surface area contributed by atoms with E-state index in [9.17, 15) is 4.79 Å². The van der Waals surface area contributed by atoms with Gasteiger partial charge in [0.25, 0.3) is 0 Å². The summed E-state index contributed by atoms with van der Waals surface area (Å²) in [5, 5.41) is 0.540. The monoisotopic (exact) mass is 465 g/mol. The van der Waals surface area contributed by atoms with E-state index < -0.39 is 5.60 Å². The predicted octanol–water partition coefficient (Wildman–Crippen LogP) is 4.93. The molecule has 1 amide bonds. The van der Waals surface area contributed by atoms with Crippen LogP contribution in [0.25, 0.3) is 0 Å². The Morgan fingerprint density at radius 3 is 2.58 bits per heavy atom. The zero-order chi connectivity index (χ0) is 17.6. The zero-order valence-electron chi connectivity index (χ0n) is 15.2. The lowest BCUT2D eigenvalue weighted by Gasteiger charge is -2.29. The molecule has 1 unspecified atom stereocenters. The second-order valence-electron chi connectivity index (χ2n) is 6.25. The molecule has 0 heterocycles. The summed E-state index contributed by atoms with van der Waals surface area (Å²) in [4.78, 5) is 18.1. The molecule has 0 spiro atoms. The number of amides is 1. The molecule has 5 nitrogen and oxygen atoms in total. The van der Waals surface area contributed by atoms with Gasteiger partial charge in [0, 0.05) is 7.05 Å². The van der Waals surface area contributed by atoms with E-state index in [2.05, 4.69) is 4.99 Å². The maximum atomic E-state index is 12.2. The molecule has 0 aliphatic rings. The molecule has 1 rings (SSSR count). The van der Waals surface area contributed by atoms with Crippen LogP contribution in [0.2, 0.25) is 0 Å². The molecule has 0 aliphatic heterocycles. The van der Waals surface area contributed by atoms with Crippen molar-refractivity contribution < 1.29 is 9.53 Å². The van der Waals surface area contributed by atoms with Gasteiger partial charge in [-0.05, 0) is 51.1 Å². The number of halogens is 1. The van der Waals surface area contributed by atoms with Crippen LogP contribution in [-0.2, 0) is 4.74 Å². The molecule has 136 valence electrons. The van der Waals surface area contributed by atoms with Gasteiger partial charge in [-0.15, -0.1) is 24.0 Å². The van der Waals surface area contributed by atoms with Crippen LogP contribution >= 0.6 is 35.7 Å². The average molecular weight is 465 g/mol. The third-order valence-corrected chi connectivity index (χ3v) is 3.82. The summed E-state index contributed by atoms with van der Waals surface area (Å²) in [7, 11) is 1.73. The van der Waals surface area contributed by atoms with Crippen LogP contribution in [-0.4, -0.2) is 34.6 Å². The highest BCUT2D eigenvalue weighted by molar-refractivity contribution is 14.0. The summed E-state index contributed by atoms with van der Waals surface area (Å²) in [5.74, 6) is 0.882. The van der Waals surface area contributed by atoms with Crippen LogP contribution in [0.5, 0.6) is 0 Å². The van der Waals surface area contributed by atoms with Crippen molar-refractivity contribution in [3.05, 3.63) is 29.8 Å². The largest absolute Gasteiger partial charge is 0.444 e. The van der Waals surface area contributed by atoms with Gasteiger partial charge in [-0.1, -0.05) is 30.8 Å². The van der Waals surface area contributed by atoms with E-state index in [0.717, 1.165) is 17.0 Å². The van der Waals surface area contributed by atoms with E-state index in [1.165, 1.54) is 11.8 Å². The van der Waals surface area contributed by atoms with Crippen molar-refractivity contribution in [2.45, 2.75) is 46.3 Å². The van der Waals surface area contributed by atoms with Gasteiger partial charge in [0.15, 0.2) is 5.17 Å². The molecular weight excluding hydrogens is 437 g/mol. The number of amidine groups is 1. The highest BCUT2D eigenvalue weighted by Crippen LogP contribution is 2.25. The fraction of sp³-hybridized carbons (Fsp3) is 0.529. The molecule has 1 aromatic rings. The standard InChI is InChI=1S/C17H27N3O2S.HI/c1-7-23-15(18)19-14-10-8-9-13(11-14)12(2)20(6)16(21)22-17(3,4)5;/h8-12H,7H2,1-6H3,(H2,18,19);1H. The Kier molecular flexibility index (Phi) is 9.72. The number of rotatable bonds is 4. The Hall–Kier alpha value is -0.960. The minimum absolute atomic E-state index is 0. The Labute approximate surface area is 166 Å². The van der Waals surface area contributed by atoms with Gasteiger partial charge >= 0.3 is 6.09 Å². The molecule has 0 bridgehead atoms. The summed E-state index contributed by atoms with van der Waals surface area (Å²) in [6, 6.07) is 7.59. The lowest BCUT2D eigenvalue weighted by molar-refractivity contribution is 0.0234. The first kappa shape index (κ1) is 23.0. The van der Waals surface area contributed by atoms with Crippen LogP contribution in [0.1, 0.15) is 46.2 Å². The van der Waals surface area contributed by atoms with Crippen LogP contribution in [0, 0.1) is 0 Å². The third-order valence-electron chi connectivity index (χ3n) is 3.15. The molecule has 24 heavy (non-hydrogen) atoms. The lowest BCUT2D eigenvalue weighted by atomic mass is 10.1. The topological polar surface area (TPSA) is 67.9 Å². The van der Waals surface area contributed by atoms with E-state index >= 15 is 0 Å². The number of nitrogens with two attached hydrogens (primary N) is 1. The first-order valence-electron chi connectivity index (χ1n) is 7.66. The van der Waals surface area contributed by atoms with Gasteiger partial charge in [-0.2, -0.15) is 0 Å². The quantitative estimate of drug-likeness (QED) is 0.389. The molecule has 2 N–H and O–H groups in total. The summed E-state index contributed by atoms with van der Waals surface area (Å²) in [6.07, 6.45) is -0.347. The second kappa shape index (κ2) is 10.1. The summed E-state index contributed by atoms with van der Waals surface area (Å²) in [5.41, 5.74) is 7.10. The number of thioether (sulfide) groups is 1. The number of hydrogen-bond acceptors (Lipinski definition) is 4. The lowest BCUT2D eigenvalue weighted by Crippen LogP contribution is -2.35. The SMILES string of the molecule is CCSC(N)=Nc1cccc(C(C)N(C)C(=O)OC(C)(C)C)c1.I. The highest BCUT2D eigenvalue weighted by Gasteiger charge is 2.23. The molecule has 7 heteroatoms. The van der Waals surface area contributed by atoms with Crippen LogP contribution in [0.4, 0.5) is 10.5 Å². The Balaban J connectivity index is 0.00000529. The first-order chi connectivity index (χ1) is 10.6. The molecular formula is C17H28IN3O2S. The summed E-state index contributed by atoms with van der Waals surface area (Å²) in [6.45, 7) is 9.55. The van der Waals surface area contributed by atoms with Crippen molar-refractivity contribution in [2.24, 2.45) is 10.7 Å².